The summed E-state index contributed by atoms with van der Waals surface area (Å²) < 4.78 is 16.3. The van der Waals surface area contributed by atoms with E-state index in [2.05, 4.69) is 151 Å². The second-order valence-electron chi connectivity index (χ2n) is 11.5. The highest BCUT2D eigenvalue weighted by atomic mass is 31.1. The maximum Gasteiger partial charge on any atom is 0.145 e. The highest BCUT2D eigenvalue weighted by Crippen LogP contribution is 2.53. The summed E-state index contributed by atoms with van der Waals surface area (Å²) in [5.74, 6) is 1.97. The van der Waals surface area contributed by atoms with Crippen LogP contribution >= 0.6 is 16.4 Å². The van der Waals surface area contributed by atoms with E-state index in [1.165, 1.54) is 16.4 Å². The number of ether oxygens (including phenoxy) is 1. The van der Waals surface area contributed by atoms with Crippen molar-refractivity contribution in [2.75, 3.05) is 7.05 Å². The molecule has 8 heteroatoms. The molecule has 0 spiro atoms. The molecule has 214 valence electrons. The molecule has 0 radical (unpaired) electrons. The Balaban J connectivity index is 1.58. The molecule has 0 bridgehead atoms. The Hall–Kier alpha value is -3.85. The van der Waals surface area contributed by atoms with Crippen LogP contribution in [0.15, 0.2) is 123 Å². The number of fused-ring (bicyclic) bond motifs is 2. The van der Waals surface area contributed by atoms with Gasteiger partial charge >= 0.3 is 0 Å². The van der Waals surface area contributed by atoms with Crippen LogP contribution in [-0.2, 0) is 5.41 Å². The van der Waals surface area contributed by atoms with Crippen LogP contribution in [0.3, 0.4) is 0 Å². The fourth-order valence-corrected chi connectivity index (χ4v) is 9.57. The third-order valence-corrected chi connectivity index (χ3v) is 12.0. The predicted molar refractivity (Wildman–Crippen MR) is 177 cm³/mol. The molecule has 0 saturated carbocycles. The van der Waals surface area contributed by atoms with Gasteiger partial charge in [-0.15, -0.1) is 0 Å². The first kappa shape index (κ1) is 28.3. The second kappa shape index (κ2) is 11.4. The Morgan fingerprint density at radius 1 is 0.833 bits per heavy atom. The standard InChI is InChI=1S/C34H37N5OP2/c1-7-8-15-36(6)41(37-16-9-10-17-37)30-23-27(34(3,4)5)22-28-26(2)29-24-35-25-31(33(29)40-32(28)30)42(38-18-11-12-19-38)39-20-13-14-21-39/h7-26H,1H2,2-6H3/b15-8-. The minimum Gasteiger partial charge on any atom is -0.455 e. The van der Waals surface area contributed by atoms with Crippen molar-refractivity contribution in [3.63, 3.8) is 0 Å². The van der Waals surface area contributed by atoms with Gasteiger partial charge in [-0.2, -0.15) is 0 Å². The molecule has 6 rings (SSSR count). The first-order valence-electron chi connectivity index (χ1n) is 14.1. The summed E-state index contributed by atoms with van der Waals surface area (Å²) in [4.78, 5) is 4.78. The molecule has 6 nitrogen and oxygen atoms in total. The third kappa shape index (κ3) is 5.15. The number of hydrogen-bond donors (Lipinski definition) is 0. The lowest BCUT2D eigenvalue weighted by Gasteiger charge is -2.36. The number of benzene rings is 1. The van der Waals surface area contributed by atoms with Crippen molar-refractivity contribution >= 4 is 27.1 Å². The van der Waals surface area contributed by atoms with E-state index in [0.29, 0.717) is 0 Å². The van der Waals surface area contributed by atoms with E-state index in [9.17, 15) is 0 Å². The highest BCUT2D eigenvalue weighted by molar-refractivity contribution is 7.63. The molecule has 2 unspecified atom stereocenters. The molecule has 0 fully saturated rings. The molecule has 2 atom stereocenters. The van der Waals surface area contributed by atoms with Gasteiger partial charge in [-0.1, -0.05) is 46.4 Å². The van der Waals surface area contributed by atoms with Crippen molar-refractivity contribution in [1.29, 1.82) is 0 Å². The van der Waals surface area contributed by atoms with E-state index in [-0.39, 0.29) is 11.3 Å². The van der Waals surface area contributed by atoms with E-state index >= 15 is 0 Å². The van der Waals surface area contributed by atoms with Gasteiger partial charge in [0.15, 0.2) is 0 Å². The maximum absolute atomic E-state index is 7.17. The van der Waals surface area contributed by atoms with Gasteiger partial charge in [0.25, 0.3) is 0 Å². The number of rotatable bonds is 8. The molecule has 1 aromatic carbocycles. The van der Waals surface area contributed by atoms with E-state index in [4.69, 9.17) is 9.72 Å². The lowest BCUT2D eigenvalue weighted by Crippen LogP contribution is -2.27. The van der Waals surface area contributed by atoms with Crippen molar-refractivity contribution in [2.45, 2.75) is 39.0 Å². The Bertz CT molecular complexity index is 1670. The van der Waals surface area contributed by atoms with E-state index in [0.717, 1.165) is 22.4 Å². The predicted octanol–water partition coefficient (Wildman–Crippen LogP) is 8.19. The van der Waals surface area contributed by atoms with Crippen LogP contribution in [0.1, 0.15) is 50.3 Å². The highest BCUT2D eigenvalue weighted by Gasteiger charge is 2.36. The summed E-state index contributed by atoms with van der Waals surface area (Å²) in [5.41, 5.74) is 3.58. The number of hydrogen-bond acceptors (Lipinski definition) is 3. The number of allylic oxidation sites excluding steroid dienone is 2. The van der Waals surface area contributed by atoms with Crippen molar-refractivity contribution < 1.29 is 4.74 Å². The van der Waals surface area contributed by atoms with Gasteiger partial charge in [0.1, 0.15) is 27.9 Å². The van der Waals surface area contributed by atoms with Crippen LogP contribution in [0.25, 0.3) is 0 Å². The molecule has 0 N–H and O–H groups in total. The van der Waals surface area contributed by atoms with Crippen molar-refractivity contribution in [3.05, 3.63) is 140 Å². The number of pyridine rings is 1. The second-order valence-corrected chi connectivity index (χ2v) is 15.6. The molecule has 5 heterocycles. The fourth-order valence-electron chi connectivity index (χ4n) is 5.36. The third-order valence-electron chi connectivity index (χ3n) is 7.60. The number of aromatic nitrogens is 4. The molecule has 42 heavy (non-hydrogen) atoms. The van der Waals surface area contributed by atoms with E-state index < -0.39 is 16.4 Å². The molecular formula is C34H37N5OP2. The van der Waals surface area contributed by atoms with Gasteiger partial charge < -0.3 is 22.4 Å². The van der Waals surface area contributed by atoms with Gasteiger partial charge in [-0.3, -0.25) is 4.98 Å². The topological polar surface area (TPSA) is 40.1 Å². The fraction of sp³-hybridized carbons (Fsp3) is 0.206. The van der Waals surface area contributed by atoms with Gasteiger partial charge in [0.05, 0.1) is 10.6 Å². The largest absolute Gasteiger partial charge is 0.455 e. The zero-order valence-corrected chi connectivity index (χ0v) is 26.6. The van der Waals surface area contributed by atoms with Crippen LogP contribution in [0.2, 0.25) is 0 Å². The summed E-state index contributed by atoms with van der Waals surface area (Å²) in [6, 6.07) is 17.2. The van der Waals surface area contributed by atoms with Gasteiger partial charge in [-0.25, -0.2) is 0 Å². The summed E-state index contributed by atoms with van der Waals surface area (Å²) in [6.07, 6.45) is 22.7. The number of nitrogens with zero attached hydrogens (tertiary/aromatic N) is 5. The average molecular weight is 594 g/mol. The Labute approximate surface area is 251 Å². The van der Waals surface area contributed by atoms with Crippen LogP contribution in [0.4, 0.5) is 0 Å². The SMILES string of the molecule is C=C/C=C\N(C)P(c1cc(C(C)(C)C)cc2c1Oc1c(cncc1P(n1cccc1)n1cccc1)C2C)n1cccc1. The minimum absolute atomic E-state index is 0.0335. The smallest absolute Gasteiger partial charge is 0.145 e. The molecule has 1 aliphatic heterocycles. The summed E-state index contributed by atoms with van der Waals surface area (Å²) in [5, 5.41) is 2.27. The summed E-state index contributed by atoms with van der Waals surface area (Å²) in [7, 11) is 0.145. The van der Waals surface area contributed by atoms with Crippen molar-refractivity contribution in [3.8, 4) is 11.5 Å². The Morgan fingerprint density at radius 2 is 1.40 bits per heavy atom. The normalized spacial score (nSPS) is 15.3. The first-order valence-corrected chi connectivity index (χ1v) is 16.6. The molecule has 5 aromatic rings. The van der Waals surface area contributed by atoms with Crippen molar-refractivity contribution in [2.24, 2.45) is 0 Å². The van der Waals surface area contributed by atoms with Crippen molar-refractivity contribution in [1.82, 2.24) is 22.7 Å². The van der Waals surface area contributed by atoms with Crippen LogP contribution in [-0.4, -0.2) is 29.7 Å². The van der Waals surface area contributed by atoms with E-state index in [1.807, 2.05) is 24.5 Å². The van der Waals surface area contributed by atoms with Gasteiger partial charge in [0, 0.05) is 79.9 Å². The van der Waals surface area contributed by atoms with Crippen LogP contribution in [0.5, 0.6) is 11.5 Å². The average Bonchev–Trinajstić information content (AvgIpc) is 3.77. The van der Waals surface area contributed by atoms with E-state index in [1.54, 1.807) is 0 Å². The summed E-state index contributed by atoms with van der Waals surface area (Å²) in [6.45, 7) is 13.0. The Kier molecular flexibility index (Phi) is 7.70. The molecule has 4 aromatic heterocycles. The zero-order valence-electron chi connectivity index (χ0n) is 24.8. The van der Waals surface area contributed by atoms with Crippen LogP contribution < -0.4 is 15.3 Å². The minimum atomic E-state index is -1.00. The molecule has 1 aliphatic rings. The molecule has 0 amide bonds. The Morgan fingerprint density at radius 3 is 1.98 bits per heavy atom. The lowest BCUT2D eigenvalue weighted by atomic mass is 9.82. The van der Waals surface area contributed by atoms with Crippen LogP contribution in [0, 0.1) is 0 Å². The van der Waals surface area contributed by atoms with Gasteiger partial charge in [0.2, 0.25) is 0 Å². The first-order chi connectivity index (χ1) is 20.3. The molecular weight excluding hydrogens is 556 g/mol. The quantitative estimate of drug-likeness (QED) is 0.135. The molecule has 0 aliphatic carbocycles. The monoisotopic (exact) mass is 593 g/mol. The zero-order chi connectivity index (χ0) is 29.4. The lowest BCUT2D eigenvalue weighted by molar-refractivity contribution is 0.454. The summed E-state index contributed by atoms with van der Waals surface area (Å²) >= 11 is 0. The molecule has 0 saturated heterocycles. The maximum atomic E-state index is 7.17. The van der Waals surface area contributed by atoms with Gasteiger partial charge in [-0.05, 0) is 59.5 Å².